The third-order valence-corrected chi connectivity index (χ3v) is 4.47. The molecule has 0 fully saturated rings. The van der Waals surface area contributed by atoms with Crippen LogP contribution in [0.15, 0.2) is 51.4 Å². The van der Waals surface area contributed by atoms with Crippen LogP contribution in [0.25, 0.3) is 0 Å². The predicted octanol–water partition coefficient (Wildman–Crippen LogP) is 4.98. The molecule has 0 aliphatic rings. The van der Waals surface area contributed by atoms with E-state index in [9.17, 15) is 0 Å². The van der Waals surface area contributed by atoms with Gasteiger partial charge in [-0.1, -0.05) is 39.7 Å². The molecule has 0 aromatic heterocycles. The topological polar surface area (TPSA) is 38.0 Å². The summed E-state index contributed by atoms with van der Waals surface area (Å²) < 4.78 is 1.92. The highest BCUT2D eigenvalue weighted by Crippen LogP contribution is 2.28. The smallest absolute Gasteiger partial charge is 0.0636 e. The summed E-state index contributed by atoms with van der Waals surface area (Å²) in [6.07, 6.45) is 0. The second-order valence-electron chi connectivity index (χ2n) is 4.12. The SMILES string of the molecule is NCC(Nc1cccc(Br)c1)c1ccc(Br)c(Cl)c1. The number of benzene rings is 2. The highest BCUT2D eigenvalue weighted by atomic mass is 79.9. The van der Waals surface area contributed by atoms with Gasteiger partial charge in [-0.15, -0.1) is 0 Å². The van der Waals surface area contributed by atoms with Crippen LogP contribution in [-0.4, -0.2) is 6.54 Å². The molecule has 2 nitrogen and oxygen atoms in total. The van der Waals surface area contributed by atoms with E-state index in [1.165, 1.54) is 0 Å². The van der Waals surface area contributed by atoms with Gasteiger partial charge in [-0.3, -0.25) is 0 Å². The van der Waals surface area contributed by atoms with Gasteiger partial charge in [-0.25, -0.2) is 0 Å². The standard InChI is InChI=1S/C14H13Br2ClN2/c15-10-2-1-3-11(7-10)19-14(8-18)9-4-5-12(16)13(17)6-9/h1-7,14,19H,8,18H2. The van der Waals surface area contributed by atoms with Crippen molar-refractivity contribution in [1.82, 2.24) is 0 Å². The fraction of sp³-hybridized carbons (Fsp3) is 0.143. The molecule has 0 bridgehead atoms. The van der Waals surface area contributed by atoms with Crippen molar-refractivity contribution in [2.75, 3.05) is 11.9 Å². The molecule has 1 unspecified atom stereocenters. The summed E-state index contributed by atoms with van der Waals surface area (Å²) in [5, 5.41) is 4.09. The quantitative estimate of drug-likeness (QED) is 0.754. The fourth-order valence-electron chi connectivity index (χ4n) is 1.79. The summed E-state index contributed by atoms with van der Waals surface area (Å²) in [6, 6.07) is 13.9. The van der Waals surface area contributed by atoms with Gasteiger partial charge in [-0.2, -0.15) is 0 Å². The van der Waals surface area contributed by atoms with Crippen LogP contribution in [0.2, 0.25) is 5.02 Å². The molecule has 2 rings (SSSR count). The van der Waals surface area contributed by atoms with Gasteiger partial charge < -0.3 is 11.1 Å². The summed E-state index contributed by atoms with van der Waals surface area (Å²) >= 11 is 13.0. The molecule has 1 atom stereocenters. The molecule has 0 aliphatic carbocycles. The number of nitrogens with two attached hydrogens (primary N) is 1. The van der Waals surface area contributed by atoms with Crippen molar-refractivity contribution in [3.8, 4) is 0 Å². The molecule has 100 valence electrons. The maximum Gasteiger partial charge on any atom is 0.0636 e. The normalized spacial score (nSPS) is 12.2. The first-order valence-corrected chi connectivity index (χ1v) is 7.73. The Balaban J connectivity index is 2.22. The summed E-state index contributed by atoms with van der Waals surface area (Å²) in [5.41, 5.74) is 7.93. The maximum atomic E-state index is 6.12. The Bertz CT molecular complexity index is 575. The summed E-state index contributed by atoms with van der Waals surface area (Å²) in [5.74, 6) is 0. The average Bonchev–Trinajstić information content (AvgIpc) is 2.39. The third kappa shape index (κ3) is 3.96. The molecular weight excluding hydrogens is 391 g/mol. The van der Waals surface area contributed by atoms with E-state index < -0.39 is 0 Å². The fourth-order valence-corrected chi connectivity index (χ4v) is 2.62. The molecule has 5 heteroatoms. The second kappa shape index (κ2) is 6.75. The molecule has 0 amide bonds. The lowest BCUT2D eigenvalue weighted by Crippen LogP contribution is -2.20. The third-order valence-electron chi connectivity index (χ3n) is 2.75. The van der Waals surface area contributed by atoms with Crippen LogP contribution in [-0.2, 0) is 0 Å². The molecule has 2 aromatic rings. The minimum absolute atomic E-state index is 0.0277. The van der Waals surface area contributed by atoms with Crippen LogP contribution in [0.5, 0.6) is 0 Å². The van der Waals surface area contributed by atoms with Crippen LogP contribution < -0.4 is 11.1 Å². The molecule has 0 radical (unpaired) electrons. The van der Waals surface area contributed by atoms with E-state index in [2.05, 4.69) is 37.2 Å². The largest absolute Gasteiger partial charge is 0.377 e. The Morgan fingerprint density at radius 3 is 2.58 bits per heavy atom. The van der Waals surface area contributed by atoms with Gasteiger partial charge in [0.1, 0.15) is 0 Å². The number of hydrogen-bond donors (Lipinski definition) is 2. The maximum absolute atomic E-state index is 6.12. The van der Waals surface area contributed by atoms with Crippen molar-refractivity contribution in [1.29, 1.82) is 0 Å². The lowest BCUT2D eigenvalue weighted by molar-refractivity contribution is 0.790. The Morgan fingerprint density at radius 1 is 1.16 bits per heavy atom. The first-order valence-electron chi connectivity index (χ1n) is 5.77. The average molecular weight is 405 g/mol. The van der Waals surface area contributed by atoms with Gasteiger partial charge in [0, 0.05) is 21.2 Å². The zero-order valence-corrected chi connectivity index (χ0v) is 14.0. The minimum Gasteiger partial charge on any atom is -0.377 e. The Hall–Kier alpha value is -0.550. The number of anilines is 1. The molecule has 0 spiro atoms. The van der Waals surface area contributed by atoms with E-state index >= 15 is 0 Å². The van der Waals surface area contributed by atoms with Crippen molar-refractivity contribution < 1.29 is 0 Å². The molecule has 0 heterocycles. The summed E-state index contributed by atoms with van der Waals surface area (Å²) in [7, 11) is 0. The van der Waals surface area contributed by atoms with E-state index in [0.717, 1.165) is 20.2 Å². The second-order valence-corrected chi connectivity index (χ2v) is 6.29. The van der Waals surface area contributed by atoms with Gasteiger partial charge >= 0.3 is 0 Å². The van der Waals surface area contributed by atoms with E-state index in [1.807, 2.05) is 42.5 Å². The van der Waals surface area contributed by atoms with Gasteiger partial charge in [0.05, 0.1) is 11.1 Å². The summed E-state index contributed by atoms with van der Waals surface area (Å²) in [6.45, 7) is 0.491. The molecular formula is C14H13Br2ClN2. The van der Waals surface area contributed by atoms with Crippen molar-refractivity contribution in [3.05, 3.63) is 62.0 Å². The van der Waals surface area contributed by atoms with Crippen molar-refractivity contribution >= 4 is 49.1 Å². The lowest BCUT2D eigenvalue weighted by atomic mass is 10.1. The van der Waals surface area contributed by atoms with Crippen molar-refractivity contribution in [2.24, 2.45) is 5.73 Å². The zero-order chi connectivity index (χ0) is 13.8. The van der Waals surface area contributed by atoms with Crippen LogP contribution in [0.1, 0.15) is 11.6 Å². The molecule has 0 saturated carbocycles. The van der Waals surface area contributed by atoms with E-state index in [0.29, 0.717) is 11.6 Å². The van der Waals surface area contributed by atoms with Crippen molar-refractivity contribution in [2.45, 2.75) is 6.04 Å². The van der Waals surface area contributed by atoms with Crippen LogP contribution in [0.4, 0.5) is 5.69 Å². The van der Waals surface area contributed by atoms with Crippen LogP contribution in [0, 0.1) is 0 Å². The molecule has 2 aromatic carbocycles. The lowest BCUT2D eigenvalue weighted by Gasteiger charge is -2.19. The van der Waals surface area contributed by atoms with Crippen molar-refractivity contribution in [3.63, 3.8) is 0 Å². The highest BCUT2D eigenvalue weighted by Gasteiger charge is 2.11. The van der Waals surface area contributed by atoms with Crippen LogP contribution >= 0.6 is 43.5 Å². The monoisotopic (exact) mass is 402 g/mol. The highest BCUT2D eigenvalue weighted by molar-refractivity contribution is 9.10. The van der Waals surface area contributed by atoms with E-state index in [1.54, 1.807) is 0 Å². The summed E-state index contributed by atoms with van der Waals surface area (Å²) in [4.78, 5) is 0. The van der Waals surface area contributed by atoms with Gasteiger partial charge in [-0.05, 0) is 51.8 Å². The Labute approximate surface area is 134 Å². The zero-order valence-electron chi connectivity index (χ0n) is 10.0. The first kappa shape index (κ1) is 14.9. The minimum atomic E-state index is 0.0277. The number of hydrogen-bond acceptors (Lipinski definition) is 2. The predicted molar refractivity (Wildman–Crippen MR) is 88.7 cm³/mol. The van der Waals surface area contributed by atoms with E-state index in [4.69, 9.17) is 17.3 Å². The first-order chi connectivity index (χ1) is 9.10. The molecule has 0 saturated heterocycles. The number of nitrogens with one attached hydrogen (secondary N) is 1. The van der Waals surface area contributed by atoms with Crippen LogP contribution in [0.3, 0.4) is 0 Å². The van der Waals surface area contributed by atoms with Gasteiger partial charge in [0.25, 0.3) is 0 Å². The van der Waals surface area contributed by atoms with E-state index in [-0.39, 0.29) is 6.04 Å². The molecule has 3 N–H and O–H groups in total. The van der Waals surface area contributed by atoms with Gasteiger partial charge in [0.15, 0.2) is 0 Å². The Kier molecular flexibility index (Phi) is 5.28. The Morgan fingerprint density at radius 2 is 1.95 bits per heavy atom. The number of rotatable bonds is 4. The molecule has 19 heavy (non-hydrogen) atoms. The molecule has 0 aliphatic heterocycles. The number of halogens is 3. The van der Waals surface area contributed by atoms with Gasteiger partial charge in [0.2, 0.25) is 0 Å².